The summed E-state index contributed by atoms with van der Waals surface area (Å²) in [6, 6.07) is 3.92. The van der Waals surface area contributed by atoms with Crippen molar-refractivity contribution < 1.29 is 13.2 Å². The van der Waals surface area contributed by atoms with Crippen molar-refractivity contribution in [2.24, 2.45) is 5.73 Å². The van der Waals surface area contributed by atoms with Gasteiger partial charge >= 0.3 is 6.18 Å². The number of nitrogens with zero attached hydrogens (tertiary/aromatic N) is 3. The summed E-state index contributed by atoms with van der Waals surface area (Å²) in [6.07, 6.45) is -2.93. The Morgan fingerprint density at radius 3 is 2.50 bits per heavy atom. The molecule has 0 atom stereocenters. The van der Waals surface area contributed by atoms with E-state index in [1.54, 1.807) is 19.2 Å². The Kier molecular flexibility index (Phi) is 3.08. The summed E-state index contributed by atoms with van der Waals surface area (Å²) in [5, 5.41) is 4.04. The second kappa shape index (κ2) is 4.41. The van der Waals surface area contributed by atoms with Gasteiger partial charge in [0.1, 0.15) is 5.69 Å². The lowest BCUT2D eigenvalue weighted by Gasteiger charge is -2.11. The number of halogens is 3. The van der Waals surface area contributed by atoms with E-state index in [0.29, 0.717) is 11.3 Å². The van der Waals surface area contributed by atoms with Gasteiger partial charge in [-0.2, -0.15) is 18.3 Å². The Morgan fingerprint density at radius 1 is 1.28 bits per heavy atom. The standard InChI is InChI=1S/C11H11F3N4/c1-7-4-5-18(17-7)10-8(6-15)2-3-9(16-10)11(12,13)14/h2-5H,6,15H2,1H3. The van der Waals surface area contributed by atoms with Crippen molar-refractivity contribution in [2.45, 2.75) is 19.6 Å². The minimum absolute atomic E-state index is 0.0966. The number of aromatic nitrogens is 3. The molecule has 7 heteroatoms. The number of pyridine rings is 1. The molecule has 0 bridgehead atoms. The Bertz CT molecular complexity index is 560. The first-order valence-electron chi connectivity index (χ1n) is 5.21. The molecule has 2 rings (SSSR count). The highest BCUT2D eigenvalue weighted by Gasteiger charge is 2.33. The first-order chi connectivity index (χ1) is 8.41. The van der Waals surface area contributed by atoms with Gasteiger partial charge in [0, 0.05) is 18.3 Å². The number of nitrogens with two attached hydrogens (primary N) is 1. The van der Waals surface area contributed by atoms with Crippen LogP contribution < -0.4 is 5.73 Å². The number of alkyl halides is 3. The molecule has 96 valence electrons. The molecule has 4 nitrogen and oxygen atoms in total. The van der Waals surface area contributed by atoms with Gasteiger partial charge in [0.05, 0.1) is 5.69 Å². The Labute approximate surface area is 101 Å². The van der Waals surface area contributed by atoms with Crippen molar-refractivity contribution in [3.05, 3.63) is 41.3 Å². The third-order valence-corrected chi connectivity index (χ3v) is 2.41. The first kappa shape index (κ1) is 12.6. The highest BCUT2D eigenvalue weighted by Crippen LogP contribution is 2.28. The van der Waals surface area contributed by atoms with Crippen LogP contribution >= 0.6 is 0 Å². The summed E-state index contributed by atoms with van der Waals surface area (Å²) in [4.78, 5) is 3.59. The van der Waals surface area contributed by atoms with Gasteiger partial charge in [0.2, 0.25) is 0 Å². The predicted octanol–water partition coefficient (Wildman–Crippen LogP) is 2.05. The molecule has 0 saturated carbocycles. The van der Waals surface area contributed by atoms with Crippen LogP contribution in [0, 0.1) is 6.92 Å². The smallest absolute Gasteiger partial charge is 0.326 e. The minimum atomic E-state index is -4.48. The molecule has 18 heavy (non-hydrogen) atoms. The lowest BCUT2D eigenvalue weighted by molar-refractivity contribution is -0.141. The summed E-state index contributed by atoms with van der Waals surface area (Å²) >= 11 is 0. The van der Waals surface area contributed by atoms with E-state index in [9.17, 15) is 13.2 Å². The Morgan fingerprint density at radius 2 is 2.00 bits per heavy atom. The van der Waals surface area contributed by atoms with Crippen molar-refractivity contribution in [3.8, 4) is 5.82 Å². The topological polar surface area (TPSA) is 56.7 Å². The molecule has 2 heterocycles. The summed E-state index contributed by atoms with van der Waals surface area (Å²) in [5.74, 6) is 0.112. The highest BCUT2D eigenvalue weighted by molar-refractivity contribution is 5.35. The molecule has 0 saturated heterocycles. The maximum atomic E-state index is 12.6. The van der Waals surface area contributed by atoms with E-state index in [1.807, 2.05) is 0 Å². The molecule has 0 amide bonds. The van der Waals surface area contributed by atoms with Crippen LogP contribution in [-0.2, 0) is 12.7 Å². The van der Waals surface area contributed by atoms with E-state index in [0.717, 1.165) is 6.07 Å². The molecule has 0 aliphatic rings. The summed E-state index contributed by atoms with van der Waals surface area (Å²) in [5.41, 5.74) is 5.73. The maximum absolute atomic E-state index is 12.6. The summed E-state index contributed by atoms with van der Waals surface area (Å²) < 4.78 is 39.1. The second-order valence-electron chi connectivity index (χ2n) is 3.78. The average molecular weight is 256 g/mol. The van der Waals surface area contributed by atoms with Crippen LogP contribution in [0.4, 0.5) is 13.2 Å². The summed E-state index contributed by atoms with van der Waals surface area (Å²) in [6.45, 7) is 1.84. The SMILES string of the molecule is Cc1ccn(-c2nc(C(F)(F)F)ccc2CN)n1. The molecule has 2 aromatic heterocycles. The van der Waals surface area contributed by atoms with Crippen molar-refractivity contribution in [1.29, 1.82) is 0 Å². The van der Waals surface area contributed by atoms with E-state index < -0.39 is 11.9 Å². The molecule has 0 aliphatic heterocycles. The van der Waals surface area contributed by atoms with Crippen LogP contribution in [0.25, 0.3) is 5.82 Å². The van der Waals surface area contributed by atoms with Gasteiger partial charge in [-0.15, -0.1) is 0 Å². The fraction of sp³-hybridized carbons (Fsp3) is 0.273. The fourth-order valence-electron chi connectivity index (χ4n) is 1.53. The summed E-state index contributed by atoms with van der Waals surface area (Å²) in [7, 11) is 0. The van der Waals surface area contributed by atoms with Crippen molar-refractivity contribution in [3.63, 3.8) is 0 Å². The predicted molar refractivity (Wildman–Crippen MR) is 59.0 cm³/mol. The van der Waals surface area contributed by atoms with Gasteiger partial charge in [-0.3, -0.25) is 0 Å². The minimum Gasteiger partial charge on any atom is -0.326 e. The largest absolute Gasteiger partial charge is 0.433 e. The van der Waals surface area contributed by atoms with Gasteiger partial charge in [-0.05, 0) is 19.1 Å². The number of rotatable bonds is 2. The van der Waals surface area contributed by atoms with Gasteiger partial charge in [-0.1, -0.05) is 6.07 Å². The molecule has 0 radical (unpaired) electrons. The molecule has 2 aromatic rings. The quantitative estimate of drug-likeness (QED) is 0.894. The van der Waals surface area contributed by atoms with Crippen LogP contribution in [0.1, 0.15) is 17.0 Å². The zero-order valence-electron chi connectivity index (χ0n) is 9.57. The van der Waals surface area contributed by atoms with E-state index in [4.69, 9.17) is 5.73 Å². The second-order valence-corrected chi connectivity index (χ2v) is 3.78. The average Bonchev–Trinajstić information content (AvgIpc) is 2.73. The van der Waals surface area contributed by atoms with Crippen LogP contribution in [0.3, 0.4) is 0 Å². The normalized spacial score (nSPS) is 11.8. The molecular weight excluding hydrogens is 245 g/mol. The Hall–Kier alpha value is -1.89. The first-order valence-corrected chi connectivity index (χ1v) is 5.21. The van der Waals surface area contributed by atoms with E-state index >= 15 is 0 Å². The van der Waals surface area contributed by atoms with Crippen LogP contribution in [0.15, 0.2) is 24.4 Å². The van der Waals surface area contributed by atoms with Crippen LogP contribution in [0.2, 0.25) is 0 Å². The number of hydrogen-bond donors (Lipinski definition) is 1. The third kappa shape index (κ3) is 2.35. The fourth-order valence-corrected chi connectivity index (χ4v) is 1.53. The van der Waals surface area contributed by atoms with Crippen molar-refractivity contribution in [1.82, 2.24) is 14.8 Å². The van der Waals surface area contributed by atoms with Crippen molar-refractivity contribution in [2.75, 3.05) is 0 Å². The van der Waals surface area contributed by atoms with Gasteiger partial charge in [-0.25, -0.2) is 9.67 Å². The third-order valence-electron chi connectivity index (χ3n) is 2.41. The van der Waals surface area contributed by atoms with E-state index in [1.165, 1.54) is 10.7 Å². The molecule has 0 aliphatic carbocycles. The molecular formula is C11H11F3N4. The van der Waals surface area contributed by atoms with Crippen molar-refractivity contribution >= 4 is 0 Å². The Balaban J connectivity index is 2.56. The monoisotopic (exact) mass is 256 g/mol. The van der Waals surface area contributed by atoms with E-state index in [-0.39, 0.29) is 12.4 Å². The molecule has 0 fully saturated rings. The van der Waals surface area contributed by atoms with Gasteiger partial charge in [0.15, 0.2) is 5.82 Å². The van der Waals surface area contributed by atoms with Crippen LogP contribution in [-0.4, -0.2) is 14.8 Å². The number of hydrogen-bond acceptors (Lipinski definition) is 3. The van der Waals surface area contributed by atoms with Gasteiger partial charge < -0.3 is 5.73 Å². The molecule has 0 spiro atoms. The van der Waals surface area contributed by atoms with Crippen LogP contribution in [0.5, 0.6) is 0 Å². The molecule has 0 unspecified atom stereocenters. The van der Waals surface area contributed by atoms with Gasteiger partial charge in [0.25, 0.3) is 0 Å². The molecule has 2 N–H and O–H groups in total. The zero-order valence-corrected chi connectivity index (χ0v) is 9.57. The number of aryl methyl sites for hydroxylation is 1. The lowest BCUT2D eigenvalue weighted by atomic mass is 10.2. The van der Waals surface area contributed by atoms with E-state index in [2.05, 4.69) is 10.1 Å². The lowest BCUT2D eigenvalue weighted by Crippen LogP contribution is -2.14. The molecule has 0 aromatic carbocycles. The zero-order chi connectivity index (χ0) is 13.3. The maximum Gasteiger partial charge on any atom is 0.433 e. The highest BCUT2D eigenvalue weighted by atomic mass is 19.4.